The number of amides is 2. The van der Waals surface area contributed by atoms with E-state index in [2.05, 4.69) is 5.32 Å². The van der Waals surface area contributed by atoms with Crippen molar-refractivity contribution >= 4 is 28.0 Å². The number of nitrogens with one attached hydrogen (secondary N) is 1. The van der Waals surface area contributed by atoms with E-state index >= 15 is 0 Å². The molecule has 2 amide bonds. The number of nitriles is 1. The summed E-state index contributed by atoms with van der Waals surface area (Å²) in [6.45, 7) is 1.16. The van der Waals surface area contributed by atoms with E-state index in [1.165, 1.54) is 33.5 Å². The van der Waals surface area contributed by atoms with Crippen LogP contribution in [0.3, 0.4) is 0 Å². The molecule has 9 heteroatoms. The van der Waals surface area contributed by atoms with Crippen LogP contribution in [0.25, 0.3) is 0 Å². The Morgan fingerprint density at radius 3 is 2.29 bits per heavy atom. The molecule has 0 atom stereocenters. The molecule has 0 saturated carbocycles. The molecule has 1 aliphatic rings. The Labute approximate surface area is 163 Å². The van der Waals surface area contributed by atoms with Crippen molar-refractivity contribution in [1.82, 2.24) is 9.21 Å². The lowest BCUT2D eigenvalue weighted by Gasteiger charge is -2.31. The Morgan fingerprint density at radius 2 is 1.68 bits per heavy atom. The first-order valence-electron chi connectivity index (χ1n) is 8.56. The Hall–Kier alpha value is -3.22. The molecule has 0 unspecified atom stereocenters. The van der Waals surface area contributed by atoms with Crippen LogP contribution in [-0.2, 0) is 14.8 Å². The van der Waals surface area contributed by atoms with E-state index in [1.54, 1.807) is 24.3 Å². The van der Waals surface area contributed by atoms with Gasteiger partial charge in [0.1, 0.15) is 6.07 Å². The fraction of sp³-hybridized carbons (Fsp3) is 0.211. The van der Waals surface area contributed by atoms with Gasteiger partial charge in [-0.05, 0) is 36.4 Å². The Bertz CT molecular complexity index is 1020. The number of nitrogens with zero attached hydrogens (tertiary/aromatic N) is 3. The number of anilines is 1. The molecule has 2 aromatic rings. The third-order valence-electron chi connectivity index (χ3n) is 4.47. The summed E-state index contributed by atoms with van der Waals surface area (Å²) in [6.07, 6.45) is 0.710. The van der Waals surface area contributed by atoms with Crippen molar-refractivity contribution < 1.29 is 18.0 Å². The summed E-state index contributed by atoms with van der Waals surface area (Å²) in [7, 11) is -3.69. The molecule has 0 bridgehead atoms. The Kier molecular flexibility index (Phi) is 5.73. The lowest BCUT2D eigenvalue weighted by atomic mass is 10.1. The number of hydrogen-bond donors (Lipinski definition) is 1. The molecule has 1 fully saturated rings. The fourth-order valence-corrected chi connectivity index (χ4v) is 4.28. The number of carbonyl (C=O) groups excluding carboxylic acids is 2. The van der Waals surface area contributed by atoms with Gasteiger partial charge in [0.05, 0.1) is 16.1 Å². The highest BCUT2D eigenvalue weighted by molar-refractivity contribution is 7.89. The summed E-state index contributed by atoms with van der Waals surface area (Å²) in [5.41, 5.74) is 1.00. The number of sulfonamides is 1. The second kappa shape index (κ2) is 8.21. The van der Waals surface area contributed by atoms with Gasteiger partial charge in [0, 0.05) is 31.7 Å². The molecule has 1 heterocycles. The molecule has 0 spiro atoms. The van der Waals surface area contributed by atoms with Gasteiger partial charge in [0.25, 0.3) is 5.91 Å². The number of benzene rings is 2. The molecule has 2 aromatic carbocycles. The SMILES string of the molecule is N#Cc1ccccc1NC(=O)c1ccc(S(=O)(=O)N2CCN(C=O)CC2)cc1. The monoisotopic (exact) mass is 398 g/mol. The van der Waals surface area contributed by atoms with Crippen molar-refractivity contribution in [3.8, 4) is 6.07 Å². The molecule has 1 N–H and O–H groups in total. The molecule has 0 radical (unpaired) electrons. The summed E-state index contributed by atoms with van der Waals surface area (Å²) in [5, 5.41) is 11.7. The van der Waals surface area contributed by atoms with E-state index in [4.69, 9.17) is 5.26 Å². The second-order valence-corrected chi connectivity index (χ2v) is 8.12. The van der Waals surface area contributed by atoms with E-state index in [-0.39, 0.29) is 23.5 Å². The molecule has 0 aliphatic carbocycles. The van der Waals surface area contributed by atoms with E-state index < -0.39 is 15.9 Å². The molecule has 144 valence electrons. The molecule has 1 saturated heterocycles. The van der Waals surface area contributed by atoms with Gasteiger partial charge in [0.15, 0.2) is 0 Å². The number of rotatable bonds is 5. The molecule has 3 rings (SSSR count). The lowest BCUT2D eigenvalue weighted by molar-refractivity contribution is -0.119. The lowest BCUT2D eigenvalue weighted by Crippen LogP contribution is -2.47. The Balaban J connectivity index is 1.73. The minimum Gasteiger partial charge on any atom is -0.343 e. The van der Waals surface area contributed by atoms with Gasteiger partial charge < -0.3 is 10.2 Å². The highest BCUT2D eigenvalue weighted by atomic mass is 32.2. The standard InChI is InChI=1S/C19H18N4O4S/c20-13-16-3-1-2-4-18(16)21-19(25)15-5-7-17(8-6-15)28(26,27)23-11-9-22(14-24)10-12-23/h1-8,14H,9-12H2,(H,21,25). The number of piperazine rings is 1. The van der Waals surface area contributed by atoms with E-state index in [0.29, 0.717) is 30.8 Å². The first kappa shape index (κ1) is 19.5. The molecule has 28 heavy (non-hydrogen) atoms. The zero-order valence-electron chi connectivity index (χ0n) is 14.9. The number of hydrogen-bond acceptors (Lipinski definition) is 5. The zero-order valence-corrected chi connectivity index (χ0v) is 15.7. The normalized spacial score (nSPS) is 14.9. The van der Waals surface area contributed by atoms with Gasteiger partial charge in [-0.3, -0.25) is 9.59 Å². The zero-order chi connectivity index (χ0) is 20.1. The highest BCUT2D eigenvalue weighted by Crippen LogP contribution is 2.19. The molecular formula is C19H18N4O4S. The van der Waals surface area contributed by atoms with Gasteiger partial charge >= 0.3 is 0 Å². The smallest absolute Gasteiger partial charge is 0.255 e. The van der Waals surface area contributed by atoms with Gasteiger partial charge in [-0.1, -0.05) is 12.1 Å². The van der Waals surface area contributed by atoms with Crippen LogP contribution in [0.5, 0.6) is 0 Å². The fourth-order valence-electron chi connectivity index (χ4n) is 2.86. The highest BCUT2D eigenvalue weighted by Gasteiger charge is 2.28. The number of para-hydroxylation sites is 1. The first-order chi connectivity index (χ1) is 13.5. The van der Waals surface area contributed by atoms with Crippen LogP contribution in [0.4, 0.5) is 5.69 Å². The van der Waals surface area contributed by atoms with Crippen molar-refractivity contribution in [2.24, 2.45) is 0 Å². The summed E-state index contributed by atoms with van der Waals surface area (Å²) in [5.74, 6) is -0.439. The molecule has 0 aromatic heterocycles. The summed E-state index contributed by atoms with van der Waals surface area (Å²) < 4.78 is 26.8. The summed E-state index contributed by atoms with van der Waals surface area (Å²) >= 11 is 0. The van der Waals surface area contributed by atoms with Crippen molar-refractivity contribution in [3.63, 3.8) is 0 Å². The van der Waals surface area contributed by atoms with Crippen molar-refractivity contribution in [3.05, 3.63) is 59.7 Å². The van der Waals surface area contributed by atoms with E-state index in [1.807, 2.05) is 6.07 Å². The third-order valence-corrected chi connectivity index (χ3v) is 6.39. The van der Waals surface area contributed by atoms with Gasteiger partial charge in [-0.25, -0.2) is 8.42 Å². The van der Waals surface area contributed by atoms with E-state index in [0.717, 1.165) is 0 Å². The van der Waals surface area contributed by atoms with Crippen molar-refractivity contribution in [1.29, 1.82) is 5.26 Å². The maximum Gasteiger partial charge on any atom is 0.255 e. The quantitative estimate of drug-likeness (QED) is 0.763. The molecule has 8 nitrogen and oxygen atoms in total. The van der Waals surface area contributed by atoms with Gasteiger partial charge in [-0.2, -0.15) is 9.57 Å². The van der Waals surface area contributed by atoms with Crippen LogP contribution in [0.2, 0.25) is 0 Å². The number of carbonyl (C=O) groups is 2. The van der Waals surface area contributed by atoms with Crippen LogP contribution in [0.1, 0.15) is 15.9 Å². The van der Waals surface area contributed by atoms with Gasteiger partial charge in [-0.15, -0.1) is 0 Å². The maximum atomic E-state index is 12.7. The second-order valence-electron chi connectivity index (χ2n) is 6.18. The van der Waals surface area contributed by atoms with Crippen LogP contribution in [0.15, 0.2) is 53.4 Å². The molecule has 1 aliphatic heterocycles. The Morgan fingerprint density at radius 1 is 1.04 bits per heavy atom. The van der Waals surface area contributed by atoms with Crippen LogP contribution in [0, 0.1) is 11.3 Å². The minimum absolute atomic E-state index is 0.0843. The average molecular weight is 398 g/mol. The van der Waals surface area contributed by atoms with E-state index in [9.17, 15) is 18.0 Å². The van der Waals surface area contributed by atoms with Gasteiger partial charge in [0.2, 0.25) is 16.4 Å². The summed E-state index contributed by atoms with van der Waals surface area (Å²) in [6, 6.07) is 14.2. The van der Waals surface area contributed by atoms with Crippen molar-refractivity contribution in [2.45, 2.75) is 4.90 Å². The van der Waals surface area contributed by atoms with Crippen molar-refractivity contribution in [2.75, 3.05) is 31.5 Å². The first-order valence-corrected chi connectivity index (χ1v) is 10.00. The van der Waals surface area contributed by atoms with Crippen LogP contribution < -0.4 is 5.32 Å². The third kappa shape index (κ3) is 4.03. The maximum absolute atomic E-state index is 12.7. The largest absolute Gasteiger partial charge is 0.343 e. The predicted molar refractivity (Wildman–Crippen MR) is 102 cm³/mol. The molecular weight excluding hydrogens is 380 g/mol. The van der Waals surface area contributed by atoms with Crippen LogP contribution >= 0.6 is 0 Å². The average Bonchev–Trinajstić information content (AvgIpc) is 2.74. The predicted octanol–water partition coefficient (Wildman–Crippen LogP) is 1.27. The minimum atomic E-state index is -3.69. The topological polar surface area (TPSA) is 111 Å². The van der Waals surface area contributed by atoms with Crippen LogP contribution in [-0.4, -0.2) is 56.1 Å². The summed E-state index contributed by atoms with van der Waals surface area (Å²) in [4.78, 5) is 24.8.